The van der Waals surface area contributed by atoms with E-state index < -0.39 is 5.82 Å². The lowest BCUT2D eigenvalue weighted by atomic mass is 10.1. The van der Waals surface area contributed by atoms with Gasteiger partial charge in [0.1, 0.15) is 5.82 Å². The molecule has 0 atom stereocenters. The zero-order valence-corrected chi connectivity index (χ0v) is 15.5. The molecule has 1 aliphatic heterocycles. The maximum Gasteiger partial charge on any atom is 0.165 e. The average Bonchev–Trinajstić information content (AvgIpc) is 3.24. The molecule has 2 aromatic heterocycles. The van der Waals surface area contributed by atoms with Crippen molar-refractivity contribution in [3.63, 3.8) is 0 Å². The largest absolute Gasteiger partial charge is 0.494 e. The fourth-order valence-electron chi connectivity index (χ4n) is 3.61. The Balaban J connectivity index is 1.49. The van der Waals surface area contributed by atoms with Gasteiger partial charge in [-0.15, -0.1) is 0 Å². The Labute approximate surface area is 161 Å². The molecule has 5 nitrogen and oxygen atoms in total. The van der Waals surface area contributed by atoms with Crippen molar-refractivity contribution in [2.75, 3.05) is 7.11 Å². The molecule has 0 bridgehead atoms. The van der Waals surface area contributed by atoms with Gasteiger partial charge in [0.25, 0.3) is 0 Å². The normalized spacial score (nSPS) is 12.5. The van der Waals surface area contributed by atoms with Crippen LogP contribution in [0.4, 0.5) is 4.39 Å². The third-order valence-corrected chi connectivity index (χ3v) is 4.97. The van der Waals surface area contributed by atoms with Crippen LogP contribution in [0.3, 0.4) is 0 Å². The first-order chi connectivity index (χ1) is 13.6. The minimum atomic E-state index is -0.419. The predicted octanol–water partition coefficient (Wildman–Crippen LogP) is 4.48. The van der Waals surface area contributed by atoms with Crippen LogP contribution in [0.15, 0.2) is 42.6 Å². The molecular weight excluding hydrogens is 355 g/mol. The van der Waals surface area contributed by atoms with Gasteiger partial charge in [0, 0.05) is 35.5 Å². The van der Waals surface area contributed by atoms with Crippen LogP contribution >= 0.6 is 0 Å². The molecule has 28 heavy (non-hydrogen) atoms. The van der Waals surface area contributed by atoms with Crippen LogP contribution < -0.4 is 4.74 Å². The highest BCUT2D eigenvalue weighted by atomic mass is 19.1. The first kappa shape index (κ1) is 16.6. The van der Waals surface area contributed by atoms with E-state index in [4.69, 9.17) is 9.72 Å². The third-order valence-electron chi connectivity index (χ3n) is 4.97. The predicted molar refractivity (Wildman–Crippen MR) is 106 cm³/mol. The molecule has 0 saturated carbocycles. The lowest BCUT2D eigenvalue weighted by Crippen LogP contribution is -1.96. The van der Waals surface area contributed by atoms with E-state index in [1.165, 1.54) is 24.3 Å². The molecule has 0 radical (unpaired) electrons. The highest BCUT2D eigenvalue weighted by Gasteiger charge is 2.19. The summed E-state index contributed by atoms with van der Waals surface area (Å²) in [5, 5.41) is 0.674. The van der Waals surface area contributed by atoms with Crippen molar-refractivity contribution in [2.24, 2.45) is 0 Å². The smallest absolute Gasteiger partial charge is 0.165 e. The molecule has 138 valence electrons. The maximum absolute atomic E-state index is 13.9. The van der Waals surface area contributed by atoms with Gasteiger partial charge in [-0.3, -0.25) is 0 Å². The third kappa shape index (κ3) is 2.65. The highest BCUT2D eigenvalue weighted by Crippen LogP contribution is 2.31. The summed E-state index contributed by atoms with van der Waals surface area (Å²) >= 11 is 0. The van der Waals surface area contributed by atoms with E-state index in [9.17, 15) is 4.39 Å². The lowest BCUT2D eigenvalue weighted by Gasteiger charge is -2.06. The molecule has 0 saturated heterocycles. The Kier molecular flexibility index (Phi) is 3.72. The fraction of sp³-hybridized carbons (Fsp3) is 0.136. The summed E-state index contributed by atoms with van der Waals surface area (Å²) < 4.78 is 21.2. The van der Waals surface area contributed by atoms with Crippen LogP contribution in [-0.4, -0.2) is 26.6 Å². The summed E-state index contributed by atoms with van der Waals surface area (Å²) in [6, 6.07) is 11.3. The molecule has 1 aliphatic rings. The molecule has 4 aromatic rings. The van der Waals surface area contributed by atoms with Crippen molar-refractivity contribution in [2.45, 2.75) is 13.5 Å². The number of hydrogen-bond donors (Lipinski definition) is 0. The van der Waals surface area contributed by atoms with E-state index >= 15 is 0 Å². The number of imidazole rings is 1. The number of aryl methyl sites for hydroxylation is 1. The van der Waals surface area contributed by atoms with E-state index in [1.54, 1.807) is 6.07 Å². The van der Waals surface area contributed by atoms with Crippen LogP contribution in [0.2, 0.25) is 0 Å². The summed E-state index contributed by atoms with van der Waals surface area (Å²) in [4.78, 5) is 13.7. The average molecular weight is 372 g/mol. The van der Waals surface area contributed by atoms with E-state index in [0.717, 1.165) is 18.1 Å². The Hall–Kier alpha value is -3.54. The zero-order chi connectivity index (χ0) is 19.3. The monoisotopic (exact) mass is 372 g/mol. The second-order valence-electron chi connectivity index (χ2n) is 6.78. The number of ether oxygens (including phenoxy) is 1. The maximum atomic E-state index is 13.9. The minimum absolute atomic E-state index is 0.171. The molecular formula is C22H17FN4O. The van der Waals surface area contributed by atoms with Crippen molar-refractivity contribution in [3.8, 4) is 17.1 Å². The van der Waals surface area contributed by atoms with Crippen molar-refractivity contribution in [1.82, 2.24) is 19.5 Å². The van der Waals surface area contributed by atoms with Crippen molar-refractivity contribution in [3.05, 3.63) is 71.2 Å². The highest BCUT2D eigenvalue weighted by molar-refractivity contribution is 5.83. The van der Waals surface area contributed by atoms with Crippen LogP contribution in [-0.2, 0) is 6.54 Å². The number of aromatic nitrogens is 4. The Morgan fingerprint density at radius 3 is 2.82 bits per heavy atom. The molecule has 0 aliphatic carbocycles. The molecule has 6 heteroatoms. The quantitative estimate of drug-likeness (QED) is 0.468. The second kappa shape index (κ2) is 6.27. The van der Waals surface area contributed by atoms with Gasteiger partial charge >= 0.3 is 0 Å². The summed E-state index contributed by atoms with van der Waals surface area (Å²) in [5.74, 6) is 1.28. The molecule has 0 amide bonds. The van der Waals surface area contributed by atoms with Crippen LogP contribution in [0, 0.1) is 12.7 Å². The molecule has 0 spiro atoms. The molecule has 0 fully saturated rings. The van der Waals surface area contributed by atoms with Crippen LogP contribution in [0.25, 0.3) is 34.4 Å². The van der Waals surface area contributed by atoms with Gasteiger partial charge < -0.3 is 9.30 Å². The number of methoxy groups -OCH3 is 1. The minimum Gasteiger partial charge on any atom is -0.494 e. The number of halogens is 1. The van der Waals surface area contributed by atoms with Gasteiger partial charge in [-0.2, -0.15) is 0 Å². The molecule has 5 rings (SSSR count). The van der Waals surface area contributed by atoms with E-state index in [-0.39, 0.29) is 5.75 Å². The Morgan fingerprint density at radius 1 is 1.11 bits per heavy atom. The first-order valence-electron chi connectivity index (χ1n) is 8.98. The summed E-state index contributed by atoms with van der Waals surface area (Å²) in [7, 11) is 1.44. The van der Waals surface area contributed by atoms with Crippen LogP contribution in [0.1, 0.15) is 22.8 Å². The van der Waals surface area contributed by atoms with Crippen LogP contribution in [0.5, 0.6) is 5.75 Å². The standard InChI is InChI=1S/C22H17FN4O/c1-13-17-9-18(23)20(28-2)10-19(17)26-21(24-13)8-7-15-12-27-11-14-5-3-4-6-16(14)22(27)25-15/h3-10,12H,11H2,1-2H3/b8-7+. The Morgan fingerprint density at radius 2 is 1.96 bits per heavy atom. The van der Waals surface area contributed by atoms with Crippen molar-refractivity contribution < 1.29 is 9.13 Å². The number of rotatable bonds is 3. The number of hydrogen-bond acceptors (Lipinski definition) is 4. The van der Waals surface area contributed by atoms with Gasteiger partial charge in [0.05, 0.1) is 18.3 Å². The fourth-order valence-corrected chi connectivity index (χ4v) is 3.61. The van der Waals surface area contributed by atoms with E-state index in [1.807, 2.05) is 37.4 Å². The van der Waals surface area contributed by atoms with Gasteiger partial charge in [-0.1, -0.05) is 24.3 Å². The van der Waals surface area contributed by atoms with E-state index in [0.29, 0.717) is 22.4 Å². The van der Waals surface area contributed by atoms with E-state index in [2.05, 4.69) is 26.7 Å². The van der Waals surface area contributed by atoms with Crippen molar-refractivity contribution in [1.29, 1.82) is 0 Å². The van der Waals surface area contributed by atoms with Gasteiger partial charge in [0.2, 0.25) is 0 Å². The van der Waals surface area contributed by atoms with Gasteiger partial charge in [0.15, 0.2) is 17.4 Å². The number of fused-ring (bicyclic) bond motifs is 4. The second-order valence-corrected chi connectivity index (χ2v) is 6.78. The van der Waals surface area contributed by atoms with Gasteiger partial charge in [-0.25, -0.2) is 19.3 Å². The first-order valence-corrected chi connectivity index (χ1v) is 8.98. The number of nitrogens with zero attached hydrogens (tertiary/aromatic N) is 4. The molecule has 0 N–H and O–H groups in total. The topological polar surface area (TPSA) is 52.8 Å². The van der Waals surface area contributed by atoms with Crippen molar-refractivity contribution >= 4 is 23.1 Å². The molecule has 2 aromatic carbocycles. The SMILES string of the molecule is COc1cc2nc(/C=C/c3cn4c(n3)-c3ccccc3C4)nc(C)c2cc1F. The zero-order valence-electron chi connectivity index (χ0n) is 15.5. The molecule has 0 unspecified atom stereocenters. The Bertz CT molecular complexity index is 1260. The number of benzene rings is 2. The molecule has 3 heterocycles. The van der Waals surface area contributed by atoms with Gasteiger partial charge in [-0.05, 0) is 30.7 Å². The summed E-state index contributed by atoms with van der Waals surface area (Å²) in [6.07, 6.45) is 5.75. The summed E-state index contributed by atoms with van der Waals surface area (Å²) in [6.45, 7) is 2.68. The summed E-state index contributed by atoms with van der Waals surface area (Å²) in [5.41, 5.74) is 4.67. The lowest BCUT2D eigenvalue weighted by molar-refractivity contribution is 0.387.